The van der Waals surface area contributed by atoms with Crippen LogP contribution in [0.25, 0.3) is 0 Å². The fourth-order valence-electron chi connectivity index (χ4n) is 2.08. The molecule has 4 nitrogen and oxygen atoms in total. The first-order chi connectivity index (χ1) is 9.89. The zero-order valence-corrected chi connectivity index (χ0v) is 13.1. The van der Waals surface area contributed by atoms with Crippen molar-refractivity contribution in [2.24, 2.45) is 0 Å². The van der Waals surface area contributed by atoms with Crippen molar-refractivity contribution in [3.8, 4) is 0 Å². The van der Waals surface area contributed by atoms with Gasteiger partial charge in [0.05, 0.1) is 16.3 Å². The van der Waals surface area contributed by atoms with Gasteiger partial charge in [0.1, 0.15) is 6.33 Å². The molecule has 0 radical (unpaired) electrons. The molecule has 2 aromatic rings. The summed E-state index contributed by atoms with van der Waals surface area (Å²) in [7, 11) is 0. The molecule has 0 aliphatic rings. The van der Waals surface area contributed by atoms with E-state index >= 15 is 0 Å². The highest BCUT2D eigenvalue weighted by atomic mass is 35.5. The number of nitrogens with one attached hydrogen (secondary N) is 1. The number of amides is 1. The fourth-order valence-corrected chi connectivity index (χ4v) is 2.30. The van der Waals surface area contributed by atoms with Crippen LogP contribution in [0.4, 0.5) is 0 Å². The summed E-state index contributed by atoms with van der Waals surface area (Å²) in [6.45, 7) is 6.61. The number of hydrogen-bond donors (Lipinski definition) is 1. The summed E-state index contributed by atoms with van der Waals surface area (Å²) in [5.41, 5.74) is 2.20. The van der Waals surface area contributed by atoms with E-state index in [1.807, 2.05) is 0 Å². The van der Waals surface area contributed by atoms with E-state index in [2.05, 4.69) is 36.1 Å². The van der Waals surface area contributed by atoms with Gasteiger partial charge in [0.2, 0.25) is 0 Å². The first-order valence-corrected chi connectivity index (χ1v) is 7.09. The highest BCUT2D eigenvalue weighted by Gasteiger charge is 2.20. The van der Waals surface area contributed by atoms with E-state index in [0.717, 1.165) is 11.3 Å². The molecule has 0 saturated heterocycles. The summed E-state index contributed by atoms with van der Waals surface area (Å²) in [6, 6.07) is 6.97. The lowest BCUT2D eigenvalue weighted by molar-refractivity contribution is 0.0950. The Morgan fingerprint density at radius 3 is 2.67 bits per heavy atom. The number of hydrogen-bond acceptors (Lipinski definition) is 3. The molecule has 0 aliphatic heterocycles. The van der Waals surface area contributed by atoms with E-state index in [0.29, 0.717) is 17.1 Å². The fraction of sp³-hybridized carbons (Fsp3) is 0.312. The molecule has 1 aromatic heterocycles. The molecule has 0 fully saturated rings. The minimum Gasteiger partial charge on any atom is -0.348 e. The van der Waals surface area contributed by atoms with Gasteiger partial charge in [-0.2, -0.15) is 0 Å². The van der Waals surface area contributed by atoms with Crippen molar-refractivity contribution in [1.82, 2.24) is 15.3 Å². The molecule has 0 aliphatic carbocycles. The lowest BCUT2D eigenvalue weighted by Gasteiger charge is -2.21. The number of carbonyl (C=O) groups is 1. The summed E-state index contributed by atoms with van der Waals surface area (Å²) in [4.78, 5) is 20.5. The lowest BCUT2D eigenvalue weighted by Crippen LogP contribution is -2.26. The predicted octanol–water partition coefficient (Wildman–Crippen LogP) is 3.36. The molecule has 0 bridgehead atoms. The van der Waals surface area contributed by atoms with Crippen LogP contribution in [0.5, 0.6) is 0 Å². The monoisotopic (exact) mass is 303 g/mol. The summed E-state index contributed by atoms with van der Waals surface area (Å²) in [6.07, 6.45) is 3.26. The van der Waals surface area contributed by atoms with Gasteiger partial charge < -0.3 is 5.32 Å². The van der Waals surface area contributed by atoms with Crippen LogP contribution in [-0.4, -0.2) is 15.9 Å². The highest BCUT2D eigenvalue weighted by molar-refractivity contribution is 6.33. The number of carbonyl (C=O) groups excluding carboxylic acids is 1. The van der Waals surface area contributed by atoms with Crippen LogP contribution in [0.3, 0.4) is 0 Å². The van der Waals surface area contributed by atoms with Crippen LogP contribution < -0.4 is 5.32 Å². The Hall–Kier alpha value is -1.94. The Labute approximate surface area is 129 Å². The Balaban J connectivity index is 2.14. The largest absolute Gasteiger partial charge is 0.348 e. The van der Waals surface area contributed by atoms with E-state index in [4.69, 9.17) is 11.6 Å². The second kappa shape index (κ2) is 6.22. The van der Waals surface area contributed by atoms with Crippen molar-refractivity contribution in [2.75, 3.05) is 0 Å². The maximum Gasteiger partial charge on any atom is 0.253 e. The molecule has 0 saturated carbocycles. The van der Waals surface area contributed by atoms with Gasteiger partial charge in [0, 0.05) is 23.7 Å². The molecule has 2 rings (SSSR count). The van der Waals surface area contributed by atoms with Gasteiger partial charge in [-0.3, -0.25) is 4.79 Å². The van der Waals surface area contributed by atoms with Crippen LogP contribution >= 0.6 is 11.6 Å². The van der Waals surface area contributed by atoms with Gasteiger partial charge in [0.25, 0.3) is 5.91 Å². The average Bonchev–Trinajstić information content (AvgIpc) is 2.44. The van der Waals surface area contributed by atoms with Crippen LogP contribution in [0.15, 0.2) is 36.8 Å². The van der Waals surface area contributed by atoms with Crippen molar-refractivity contribution in [1.29, 1.82) is 0 Å². The van der Waals surface area contributed by atoms with Crippen LogP contribution in [0.1, 0.15) is 42.4 Å². The normalized spacial score (nSPS) is 11.2. The second-order valence-electron chi connectivity index (χ2n) is 5.81. The smallest absolute Gasteiger partial charge is 0.253 e. The summed E-state index contributed by atoms with van der Waals surface area (Å²) in [5.74, 6) is -0.204. The zero-order valence-electron chi connectivity index (χ0n) is 12.4. The van der Waals surface area contributed by atoms with Crippen LogP contribution in [0, 0.1) is 0 Å². The molecule has 0 spiro atoms. The van der Waals surface area contributed by atoms with E-state index in [-0.39, 0.29) is 11.3 Å². The molecule has 1 N–H and O–H groups in total. The van der Waals surface area contributed by atoms with Gasteiger partial charge in [-0.05, 0) is 12.1 Å². The molecule has 1 aromatic carbocycles. The van der Waals surface area contributed by atoms with Gasteiger partial charge in [-0.1, -0.05) is 44.5 Å². The van der Waals surface area contributed by atoms with Crippen LogP contribution in [0.2, 0.25) is 5.02 Å². The molecule has 21 heavy (non-hydrogen) atoms. The molecule has 1 heterocycles. The lowest BCUT2D eigenvalue weighted by atomic mass is 9.89. The summed E-state index contributed by atoms with van der Waals surface area (Å²) in [5, 5.41) is 3.31. The van der Waals surface area contributed by atoms with Gasteiger partial charge in [-0.25, -0.2) is 9.97 Å². The van der Waals surface area contributed by atoms with E-state index < -0.39 is 0 Å². The number of halogens is 1. The van der Waals surface area contributed by atoms with Crippen molar-refractivity contribution in [3.05, 3.63) is 58.6 Å². The third kappa shape index (κ3) is 3.79. The number of nitrogens with zero attached hydrogens (tertiary/aromatic N) is 2. The summed E-state index contributed by atoms with van der Waals surface area (Å²) >= 11 is 6.02. The maximum atomic E-state index is 12.2. The molecule has 5 heteroatoms. The number of benzene rings is 1. The Bertz CT molecular complexity index is 650. The Morgan fingerprint density at radius 2 is 2.00 bits per heavy atom. The minimum absolute atomic E-state index is 0.104. The SMILES string of the molecule is CC(C)(C)c1ncncc1CNC(=O)c1ccccc1Cl. The number of rotatable bonds is 3. The molecule has 0 atom stereocenters. The van der Waals surface area contributed by atoms with E-state index in [1.54, 1.807) is 30.5 Å². The first-order valence-electron chi connectivity index (χ1n) is 6.71. The average molecular weight is 304 g/mol. The third-order valence-corrected chi connectivity index (χ3v) is 3.39. The Kier molecular flexibility index (Phi) is 4.58. The molecule has 1 amide bonds. The highest BCUT2D eigenvalue weighted by Crippen LogP contribution is 2.23. The van der Waals surface area contributed by atoms with Crippen molar-refractivity contribution in [2.45, 2.75) is 32.7 Å². The topological polar surface area (TPSA) is 54.9 Å². The Morgan fingerprint density at radius 1 is 1.29 bits per heavy atom. The third-order valence-electron chi connectivity index (χ3n) is 3.06. The summed E-state index contributed by atoms with van der Waals surface area (Å²) < 4.78 is 0. The van der Waals surface area contributed by atoms with Gasteiger partial charge in [-0.15, -0.1) is 0 Å². The predicted molar refractivity (Wildman–Crippen MR) is 83.4 cm³/mol. The van der Waals surface area contributed by atoms with E-state index in [9.17, 15) is 4.79 Å². The van der Waals surface area contributed by atoms with Crippen molar-refractivity contribution >= 4 is 17.5 Å². The quantitative estimate of drug-likeness (QED) is 0.946. The van der Waals surface area contributed by atoms with Crippen molar-refractivity contribution < 1.29 is 4.79 Å². The minimum atomic E-state index is -0.204. The first kappa shape index (κ1) is 15.4. The maximum absolute atomic E-state index is 12.2. The zero-order chi connectivity index (χ0) is 15.5. The second-order valence-corrected chi connectivity index (χ2v) is 6.22. The number of aromatic nitrogens is 2. The standard InChI is InChI=1S/C16H18ClN3O/c1-16(2,3)14-11(8-18-10-20-14)9-19-15(21)12-6-4-5-7-13(12)17/h4-8,10H,9H2,1-3H3,(H,19,21). The van der Waals surface area contributed by atoms with Gasteiger partial charge >= 0.3 is 0 Å². The molecular weight excluding hydrogens is 286 g/mol. The molecule has 0 unspecified atom stereocenters. The van der Waals surface area contributed by atoms with E-state index in [1.165, 1.54) is 6.33 Å². The molecule has 110 valence electrons. The van der Waals surface area contributed by atoms with Gasteiger partial charge in [0.15, 0.2) is 0 Å². The molecular formula is C16H18ClN3O. The van der Waals surface area contributed by atoms with Crippen LogP contribution in [-0.2, 0) is 12.0 Å². The van der Waals surface area contributed by atoms with Crippen molar-refractivity contribution in [3.63, 3.8) is 0 Å².